The summed E-state index contributed by atoms with van der Waals surface area (Å²) in [5, 5.41) is 6.97. The lowest BCUT2D eigenvalue weighted by Gasteiger charge is -2.31. The number of ether oxygens (including phenoxy) is 1. The van der Waals surface area contributed by atoms with E-state index in [0.29, 0.717) is 18.0 Å². The van der Waals surface area contributed by atoms with Crippen molar-refractivity contribution in [3.05, 3.63) is 35.9 Å². The van der Waals surface area contributed by atoms with Crippen LogP contribution in [-0.4, -0.2) is 62.3 Å². The summed E-state index contributed by atoms with van der Waals surface area (Å²) in [5.41, 5.74) is 1.42. The Morgan fingerprint density at radius 3 is 2.68 bits per heavy atom. The largest absolute Gasteiger partial charge is 0.379 e. The van der Waals surface area contributed by atoms with E-state index < -0.39 is 0 Å². The molecule has 2 fully saturated rings. The number of nitrogens with one attached hydrogen (secondary N) is 2. The number of nitrogens with zero attached hydrogens (tertiary/aromatic N) is 2. The molecule has 1 aromatic rings. The van der Waals surface area contributed by atoms with E-state index in [9.17, 15) is 0 Å². The standard InChI is InChI=1S/C19H30N4O.HI/c1-3-20-19(21-14-15(2)23-9-11-24-12-10-23)22-18-13-17(18)16-7-5-4-6-8-16;/h4-8,15,17-18H,3,9-14H2,1-2H3,(H2,20,21,22);1H. The third-order valence-corrected chi connectivity index (χ3v) is 4.87. The summed E-state index contributed by atoms with van der Waals surface area (Å²) in [7, 11) is 0. The van der Waals surface area contributed by atoms with Gasteiger partial charge in [-0.15, -0.1) is 24.0 Å². The summed E-state index contributed by atoms with van der Waals surface area (Å²) >= 11 is 0. The van der Waals surface area contributed by atoms with Gasteiger partial charge in [-0.2, -0.15) is 0 Å². The average Bonchev–Trinajstić information content (AvgIpc) is 3.40. The summed E-state index contributed by atoms with van der Waals surface area (Å²) in [6.45, 7) is 9.78. The van der Waals surface area contributed by atoms with Crippen LogP contribution in [0.3, 0.4) is 0 Å². The van der Waals surface area contributed by atoms with E-state index in [4.69, 9.17) is 9.73 Å². The van der Waals surface area contributed by atoms with Gasteiger partial charge >= 0.3 is 0 Å². The van der Waals surface area contributed by atoms with E-state index in [2.05, 4.69) is 59.7 Å². The summed E-state index contributed by atoms with van der Waals surface area (Å²) in [6.07, 6.45) is 1.19. The molecule has 25 heavy (non-hydrogen) atoms. The lowest BCUT2D eigenvalue weighted by Crippen LogP contribution is -2.44. The lowest BCUT2D eigenvalue weighted by atomic mass is 10.1. The molecule has 0 radical (unpaired) electrons. The molecule has 6 heteroatoms. The van der Waals surface area contributed by atoms with Crippen molar-refractivity contribution in [1.29, 1.82) is 0 Å². The first-order valence-corrected chi connectivity index (χ1v) is 9.19. The van der Waals surface area contributed by atoms with Crippen LogP contribution in [0.1, 0.15) is 31.7 Å². The Bertz CT molecular complexity index is 533. The molecule has 5 nitrogen and oxygen atoms in total. The molecule has 1 aromatic carbocycles. The summed E-state index contributed by atoms with van der Waals surface area (Å²) < 4.78 is 5.43. The van der Waals surface area contributed by atoms with E-state index in [1.165, 1.54) is 12.0 Å². The van der Waals surface area contributed by atoms with Gasteiger partial charge in [0.15, 0.2) is 5.96 Å². The van der Waals surface area contributed by atoms with E-state index in [1.807, 2.05) is 0 Å². The van der Waals surface area contributed by atoms with Crippen LogP contribution < -0.4 is 10.6 Å². The SMILES string of the molecule is CCNC(=NCC(C)N1CCOCC1)NC1CC1c1ccccc1.I. The predicted octanol–water partition coefficient (Wildman–Crippen LogP) is 2.44. The van der Waals surface area contributed by atoms with Gasteiger partial charge in [0.05, 0.1) is 19.8 Å². The second kappa shape index (κ2) is 10.3. The maximum Gasteiger partial charge on any atom is 0.191 e. The third kappa shape index (κ3) is 6.11. The fourth-order valence-corrected chi connectivity index (χ4v) is 3.28. The number of hydrogen-bond acceptors (Lipinski definition) is 3. The lowest BCUT2D eigenvalue weighted by molar-refractivity contribution is 0.0220. The minimum atomic E-state index is 0. The summed E-state index contributed by atoms with van der Waals surface area (Å²) in [4.78, 5) is 7.27. The van der Waals surface area contributed by atoms with Gasteiger partial charge in [0, 0.05) is 37.6 Å². The van der Waals surface area contributed by atoms with Crippen LogP contribution in [0.25, 0.3) is 0 Å². The van der Waals surface area contributed by atoms with Gasteiger partial charge in [-0.1, -0.05) is 30.3 Å². The monoisotopic (exact) mass is 458 g/mol. The zero-order valence-corrected chi connectivity index (χ0v) is 17.6. The van der Waals surface area contributed by atoms with Gasteiger partial charge < -0.3 is 15.4 Å². The highest BCUT2D eigenvalue weighted by Crippen LogP contribution is 2.40. The van der Waals surface area contributed by atoms with E-state index in [1.54, 1.807) is 0 Å². The van der Waals surface area contributed by atoms with Gasteiger partial charge in [-0.25, -0.2) is 0 Å². The molecule has 0 bridgehead atoms. The first-order valence-electron chi connectivity index (χ1n) is 9.19. The second-order valence-electron chi connectivity index (χ2n) is 6.72. The fraction of sp³-hybridized carbons (Fsp3) is 0.632. The minimum Gasteiger partial charge on any atom is -0.379 e. The van der Waals surface area contributed by atoms with Crippen LogP contribution in [0, 0.1) is 0 Å². The van der Waals surface area contributed by atoms with Crippen molar-refractivity contribution in [2.24, 2.45) is 4.99 Å². The number of guanidine groups is 1. The Balaban J connectivity index is 0.00000225. The van der Waals surface area contributed by atoms with Crippen molar-refractivity contribution < 1.29 is 4.74 Å². The van der Waals surface area contributed by atoms with Crippen molar-refractivity contribution in [3.8, 4) is 0 Å². The van der Waals surface area contributed by atoms with Crippen LogP contribution in [0.5, 0.6) is 0 Å². The Morgan fingerprint density at radius 1 is 1.28 bits per heavy atom. The molecule has 0 amide bonds. The van der Waals surface area contributed by atoms with Crippen LogP contribution in [0.15, 0.2) is 35.3 Å². The highest BCUT2D eigenvalue weighted by atomic mass is 127. The van der Waals surface area contributed by atoms with Crippen molar-refractivity contribution in [2.45, 2.75) is 38.3 Å². The third-order valence-electron chi connectivity index (χ3n) is 4.87. The minimum absolute atomic E-state index is 0. The zero-order valence-electron chi connectivity index (χ0n) is 15.3. The molecule has 2 aliphatic rings. The second-order valence-corrected chi connectivity index (χ2v) is 6.72. The van der Waals surface area contributed by atoms with Gasteiger partial charge in [0.1, 0.15) is 0 Å². The van der Waals surface area contributed by atoms with Gasteiger partial charge in [0.25, 0.3) is 0 Å². The average molecular weight is 458 g/mol. The maximum absolute atomic E-state index is 5.43. The van der Waals surface area contributed by atoms with Crippen LogP contribution in [-0.2, 0) is 4.74 Å². The summed E-state index contributed by atoms with van der Waals surface area (Å²) in [6, 6.07) is 11.7. The molecule has 1 aliphatic heterocycles. The van der Waals surface area contributed by atoms with Gasteiger partial charge in [-0.3, -0.25) is 9.89 Å². The van der Waals surface area contributed by atoms with E-state index >= 15 is 0 Å². The number of aliphatic imine (C=N–C) groups is 1. The normalized spacial score (nSPS) is 25.0. The highest BCUT2D eigenvalue weighted by molar-refractivity contribution is 14.0. The fourth-order valence-electron chi connectivity index (χ4n) is 3.28. The molecule has 1 saturated carbocycles. The number of halogens is 1. The predicted molar refractivity (Wildman–Crippen MR) is 114 cm³/mol. The Labute approximate surface area is 168 Å². The molecule has 1 aliphatic carbocycles. The highest BCUT2D eigenvalue weighted by Gasteiger charge is 2.38. The topological polar surface area (TPSA) is 48.9 Å². The van der Waals surface area contributed by atoms with E-state index in [0.717, 1.165) is 45.4 Å². The molecule has 1 heterocycles. The Morgan fingerprint density at radius 2 is 2.00 bits per heavy atom. The van der Waals surface area contributed by atoms with Gasteiger partial charge in [0.2, 0.25) is 0 Å². The number of morpholine rings is 1. The van der Waals surface area contributed by atoms with Crippen molar-refractivity contribution >= 4 is 29.9 Å². The molecule has 1 saturated heterocycles. The number of benzene rings is 1. The van der Waals surface area contributed by atoms with Crippen molar-refractivity contribution in [1.82, 2.24) is 15.5 Å². The van der Waals surface area contributed by atoms with Crippen LogP contribution in [0.2, 0.25) is 0 Å². The molecule has 140 valence electrons. The zero-order chi connectivity index (χ0) is 16.8. The number of hydrogen-bond donors (Lipinski definition) is 2. The quantitative estimate of drug-likeness (QED) is 0.391. The van der Waals surface area contributed by atoms with Crippen LogP contribution >= 0.6 is 24.0 Å². The molecule has 0 spiro atoms. The first kappa shape index (κ1) is 20.5. The Kier molecular flexibility index (Phi) is 8.45. The van der Waals surface area contributed by atoms with Crippen molar-refractivity contribution in [2.75, 3.05) is 39.4 Å². The number of rotatable bonds is 6. The van der Waals surface area contributed by atoms with Gasteiger partial charge in [-0.05, 0) is 25.8 Å². The molecule has 2 N–H and O–H groups in total. The van der Waals surface area contributed by atoms with Crippen molar-refractivity contribution in [3.63, 3.8) is 0 Å². The van der Waals surface area contributed by atoms with E-state index in [-0.39, 0.29) is 24.0 Å². The molecular formula is C19H31IN4O. The molecule has 3 unspecified atom stereocenters. The first-order chi connectivity index (χ1) is 11.8. The molecule has 3 atom stereocenters. The molecule has 0 aromatic heterocycles. The summed E-state index contributed by atoms with van der Waals surface area (Å²) in [5.74, 6) is 1.56. The Hall–Kier alpha value is -0.860. The smallest absolute Gasteiger partial charge is 0.191 e. The molecule has 3 rings (SSSR count). The molecular weight excluding hydrogens is 427 g/mol. The van der Waals surface area contributed by atoms with Crippen LogP contribution in [0.4, 0.5) is 0 Å². The maximum atomic E-state index is 5.43.